The lowest BCUT2D eigenvalue weighted by Crippen LogP contribution is -2.52. The molecule has 0 spiro atoms. The first-order chi connectivity index (χ1) is 10.0. The standard InChI is InChI=1S/C14H24N2O5S.ClH/c1-9(2)7-14(4,8-15)16-22(18,19)12-6-11(13(17)20-5)21-10(12)3;/h6,9,16H,7-8,15H2,1-5H3;1H. The minimum absolute atomic E-state index is 0. The van der Waals surface area contributed by atoms with Crippen LogP contribution in [0.25, 0.3) is 0 Å². The maximum absolute atomic E-state index is 12.6. The Labute approximate surface area is 143 Å². The molecule has 134 valence electrons. The van der Waals surface area contributed by atoms with Crippen molar-refractivity contribution in [3.63, 3.8) is 0 Å². The molecule has 0 aliphatic heterocycles. The summed E-state index contributed by atoms with van der Waals surface area (Å²) in [5.41, 5.74) is 4.95. The van der Waals surface area contributed by atoms with Gasteiger partial charge >= 0.3 is 5.97 Å². The third-order valence-corrected chi connectivity index (χ3v) is 4.98. The first-order valence-corrected chi connectivity index (χ1v) is 8.46. The quantitative estimate of drug-likeness (QED) is 0.710. The smallest absolute Gasteiger partial charge is 0.373 e. The lowest BCUT2D eigenvalue weighted by Gasteiger charge is -2.30. The Morgan fingerprint density at radius 3 is 2.48 bits per heavy atom. The van der Waals surface area contributed by atoms with Gasteiger partial charge in [0.15, 0.2) is 0 Å². The molecule has 1 heterocycles. The fraction of sp³-hybridized carbons (Fsp3) is 0.643. The molecule has 0 aliphatic carbocycles. The third kappa shape index (κ3) is 5.49. The Morgan fingerprint density at radius 2 is 2.04 bits per heavy atom. The summed E-state index contributed by atoms with van der Waals surface area (Å²) in [5.74, 6) is -0.490. The Bertz CT molecular complexity index is 642. The number of ether oxygens (including phenoxy) is 1. The number of nitrogens with two attached hydrogens (primary N) is 1. The van der Waals surface area contributed by atoms with Crippen LogP contribution in [0.4, 0.5) is 0 Å². The molecule has 1 atom stereocenters. The van der Waals surface area contributed by atoms with Crippen molar-refractivity contribution in [2.75, 3.05) is 13.7 Å². The van der Waals surface area contributed by atoms with Gasteiger partial charge in [-0.3, -0.25) is 0 Å². The maximum atomic E-state index is 12.6. The number of carbonyl (C=O) groups is 1. The zero-order valence-electron chi connectivity index (χ0n) is 14.0. The molecule has 0 saturated carbocycles. The van der Waals surface area contributed by atoms with E-state index >= 15 is 0 Å². The van der Waals surface area contributed by atoms with Crippen LogP contribution >= 0.6 is 12.4 Å². The molecule has 1 aromatic rings. The number of carbonyl (C=O) groups excluding carboxylic acids is 1. The summed E-state index contributed by atoms with van der Waals surface area (Å²) in [6.45, 7) is 7.36. The topological polar surface area (TPSA) is 112 Å². The van der Waals surface area contributed by atoms with Crippen molar-refractivity contribution >= 4 is 28.4 Å². The molecule has 7 nitrogen and oxygen atoms in total. The molecule has 9 heteroatoms. The molecular weight excluding hydrogens is 344 g/mol. The minimum atomic E-state index is -3.86. The van der Waals surface area contributed by atoms with Crippen molar-refractivity contribution in [3.8, 4) is 0 Å². The lowest BCUT2D eigenvalue weighted by molar-refractivity contribution is 0.0563. The second kappa shape index (κ2) is 8.14. The highest BCUT2D eigenvalue weighted by Gasteiger charge is 2.33. The molecule has 1 aromatic heterocycles. The molecule has 1 unspecified atom stereocenters. The van der Waals surface area contributed by atoms with Crippen molar-refractivity contribution in [2.45, 2.75) is 44.6 Å². The highest BCUT2D eigenvalue weighted by atomic mass is 35.5. The Hall–Kier alpha value is -1.09. The first-order valence-electron chi connectivity index (χ1n) is 6.97. The van der Waals surface area contributed by atoms with Crippen LogP contribution in [0.3, 0.4) is 0 Å². The van der Waals surface area contributed by atoms with Gasteiger partial charge < -0.3 is 14.9 Å². The molecule has 0 saturated heterocycles. The number of rotatable bonds is 7. The number of nitrogens with one attached hydrogen (secondary N) is 1. The Kier molecular flexibility index (Phi) is 7.75. The zero-order valence-corrected chi connectivity index (χ0v) is 15.6. The van der Waals surface area contributed by atoms with Crippen molar-refractivity contribution in [2.24, 2.45) is 11.7 Å². The molecular formula is C14H25ClN2O5S. The predicted octanol–water partition coefficient (Wildman–Crippen LogP) is 1.84. The highest BCUT2D eigenvalue weighted by molar-refractivity contribution is 7.89. The number of halogens is 1. The second-order valence-electron chi connectivity index (χ2n) is 5.99. The van der Waals surface area contributed by atoms with Crippen LogP contribution in [0.1, 0.15) is 43.5 Å². The van der Waals surface area contributed by atoms with E-state index in [1.54, 1.807) is 6.92 Å². The van der Waals surface area contributed by atoms with Gasteiger partial charge in [0.1, 0.15) is 10.7 Å². The van der Waals surface area contributed by atoms with E-state index in [1.165, 1.54) is 14.0 Å². The minimum Gasteiger partial charge on any atom is -0.463 e. The lowest BCUT2D eigenvalue weighted by atomic mass is 9.92. The third-order valence-electron chi connectivity index (χ3n) is 3.24. The van der Waals surface area contributed by atoms with E-state index in [9.17, 15) is 13.2 Å². The van der Waals surface area contributed by atoms with Crippen LogP contribution in [0.5, 0.6) is 0 Å². The van der Waals surface area contributed by atoms with Crippen molar-refractivity contribution in [1.82, 2.24) is 4.72 Å². The van der Waals surface area contributed by atoms with Gasteiger partial charge in [-0.25, -0.2) is 17.9 Å². The summed E-state index contributed by atoms with van der Waals surface area (Å²) in [5, 5.41) is 0. The van der Waals surface area contributed by atoms with Crippen LogP contribution in [0.2, 0.25) is 0 Å². The Balaban J connectivity index is 0.00000484. The number of hydrogen-bond donors (Lipinski definition) is 2. The number of methoxy groups -OCH3 is 1. The summed E-state index contributed by atoms with van der Waals surface area (Å²) in [6, 6.07) is 1.16. The molecule has 0 amide bonds. The number of sulfonamides is 1. The van der Waals surface area contributed by atoms with Gasteiger partial charge in [0.05, 0.1) is 7.11 Å². The number of aryl methyl sites for hydroxylation is 1. The second-order valence-corrected chi connectivity index (χ2v) is 7.64. The van der Waals surface area contributed by atoms with Gasteiger partial charge in [0.2, 0.25) is 15.8 Å². The number of esters is 1. The zero-order chi connectivity index (χ0) is 17.1. The predicted molar refractivity (Wildman–Crippen MR) is 89.3 cm³/mol. The largest absolute Gasteiger partial charge is 0.463 e. The summed E-state index contributed by atoms with van der Waals surface area (Å²) in [7, 11) is -2.66. The van der Waals surface area contributed by atoms with E-state index in [0.29, 0.717) is 6.42 Å². The SMILES string of the molecule is COC(=O)c1cc(S(=O)(=O)NC(C)(CN)CC(C)C)c(C)o1.Cl. The van der Waals surface area contributed by atoms with Crippen LogP contribution in [-0.4, -0.2) is 33.6 Å². The van der Waals surface area contributed by atoms with Crippen LogP contribution in [0.15, 0.2) is 15.4 Å². The van der Waals surface area contributed by atoms with Gasteiger partial charge in [-0.2, -0.15) is 0 Å². The molecule has 0 fully saturated rings. The van der Waals surface area contributed by atoms with Gasteiger partial charge in [0.25, 0.3) is 0 Å². The van der Waals surface area contributed by atoms with Crippen LogP contribution in [0, 0.1) is 12.8 Å². The van der Waals surface area contributed by atoms with Gasteiger partial charge in [-0.15, -0.1) is 12.4 Å². The monoisotopic (exact) mass is 368 g/mol. The molecule has 0 radical (unpaired) electrons. The van der Waals surface area contributed by atoms with Crippen LogP contribution < -0.4 is 10.5 Å². The Morgan fingerprint density at radius 1 is 1.48 bits per heavy atom. The normalized spacial score (nSPS) is 14.2. The summed E-state index contributed by atoms with van der Waals surface area (Å²) >= 11 is 0. The molecule has 3 N–H and O–H groups in total. The number of furan rings is 1. The fourth-order valence-corrected chi connectivity index (χ4v) is 3.99. The molecule has 23 heavy (non-hydrogen) atoms. The van der Waals surface area contributed by atoms with E-state index < -0.39 is 21.5 Å². The molecule has 0 bridgehead atoms. The van der Waals surface area contributed by atoms with E-state index in [-0.39, 0.29) is 41.3 Å². The van der Waals surface area contributed by atoms with E-state index in [4.69, 9.17) is 10.2 Å². The molecule has 0 aromatic carbocycles. The summed E-state index contributed by atoms with van der Waals surface area (Å²) in [4.78, 5) is 11.4. The van der Waals surface area contributed by atoms with Gasteiger partial charge in [0, 0.05) is 18.2 Å². The van der Waals surface area contributed by atoms with Gasteiger partial charge in [-0.05, 0) is 26.2 Å². The fourth-order valence-electron chi connectivity index (χ4n) is 2.38. The van der Waals surface area contributed by atoms with E-state index in [1.807, 2.05) is 13.8 Å². The van der Waals surface area contributed by atoms with Gasteiger partial charge in [-0.1, -0.05) is 13.8 Å². The summed E-state index contributed by atoms with van der Waals surface area (Å²) < 4.78 is 37.4. The van der Waals surface area contributed by atoms with E-state index in [0.717, 1.165) is 6.07 Å². The van der Waals surface area contributed by atoms with E-state index in [2.05, 4.69) is 9.46 Å². The first kappa shape index (κ1) is 21.9. The average molecular weight is 369 g/mol. The van der Waals surface area contributed by atoms with Crippen molar-refractivity contribution in [1.29, 1.82) is 0 Å². The highest BCUT2D eigenvalue weighted by Crippen LogP contribution is 2.24. The maximum Gasteiger partial charge on any atom is 0.373 e. The molecule has 0 aliphatic rings. The van der Waals surface area contributed by atoms with Crippen LogP contribution in [-0.2, 0) is 14.8 Å². The summed E-state index contributed by atoms with van der Waals surface area (Å²) in [6.07, 6.45) is 0.587. The van der Waals surface area contributed by atoms with Crippen molar-refractivity contribution < 1.29 is 22.4 Å². The average Bonchev–Trinajstić information content (AvgIpc) is 2.79. The molecule has 1 rings (SSSR count). The van der Waals surface area contributed by atoms with Crippen molar-refractivity contribution in [3.05, 3.63) is 17.6 Å². The number of hydrogen-bond acceptors (Lipinski definition) is 6.